The van der Waals surface area contributed by atoms with Crippen LogP contribution in [0.15, 0.2) is 0 Å². The number of carbonyl (C=O) groups is 1. The van der Waals surface area contributed by atoms with Crippen molar-refractivity contribution < 1.29 is 9.90 Å². The molecule has 0 amide bonds. The summed E-state index contributed by atoms with van der Waals surface area (Å²) in [7, 11) is 0. The average Bonchev–Trinajstić information content (AvgIpc) is 2.94. The molecule has 1 aromatic rings. The van der Waals surface area contributed by atoms with E-state index in [1.807, 2.05) is 11.8 Å². The highest BCUT2D eigenvalue weighted by Crippen LogP contribution is 2.43. The van der Waals surface area contributed by atoms with Gasteiger partial charge in [0.1, 0.15) is 9.88 Å². The highest BCUT2D eigenvalue weighted by molar-refractivity contribution is 7.99. The van der Waals surface area contributed by atoms with Gasteiger partial charge in [0.25, 0.3) is 0 Å². The Bertz CT molecular complexity index is 430. The summed E-state index contributed by atoms with van der Waals surface area (Å²) in [6.07, 6.45) is 2.19. The van der Waals surface area contributed by atoms with Gasteiger partial charge in [-0.1, -0.05) is 20.8 Å². The van der Waals surface area contributed by atoms with Gasteiger partial charge in [-0.2, -0.15) is 0 Å². The van der Waals surface area contributed by atoms with Gasteiger partial charge < -0.3 is 5.11 Å². The van der Waals surface area contributed by atoms with Crippen molar-refractivity contribution in [2.24, 2.45) is 0 Å². The zero-order valence-corrected chi connectivity index (χ0v) is 12.0. The summed E-state index contributed by atoms with van der Waals surface area (Å²) in [4.78, 5) is 16.1. The first-order valence-corrected chi connectivity index (χ1v) is 7.54. The van der Waals surface area contributed by atoms with Gasteiger partial charge in [0, 0.05) is 16.4 Å². The van der Waals surface area contributed by atoms with Crippen molar-refractivity contribution in [3.05, 3.63) is 15.6 Å². The number of hydrogen-bond donors (Lipinski definition) is 1. The number of rotatable bonds is 4. The molecule has 94 valence electrons. The highest BCUT2D eigenvalue weighted by Gasteiger charge is 2.32. The molecule has 0 bridgehead atoms. The minimum atomic E-state index is -0.823. The van der Waals surface area contributed by atoms with Gasteiger partial charge in [-0.3, -0.25) is 0 Å². The Labute approximate surface area is 110 Å². The molecular formula is C12H17NO2S2. The Morgan fingerprint density at radius 2 is 2.18 bits per heavy atom. The Morgan fingerprint density at radius 3 is 2.65 bits per heavy atom. The molecule has 0 saturated heterocycles. The van der Waals surface area contributed by atoms with E-state index in [4.69, 9.17) is 5.11 Å². The second-order valence-electron chi connectivity index (χ2n) is 5.30. The van der Waals surface area contributed by atoms with Gasteiger partial charge in [0.2, 0.25) is 0 Å². The first-order valence-electron chi connectivity index (χ1n) is 5.73. The van der Waals surface area contributed by atoms with Gasteiger partial charge in [-0.05, 0) is 12.8 Å². The van der Waals surface area contributed by atoms with E-state index in [1.54, 1.807) is 0 Å². The van der Waals surface area contributed by atoms with Crippen molar-refractivity contribution >= 4 is 29.1 Å². The normalized spacial score (nSPS) is 16.2. The molecule has 1 aliphatic rings. The molecular weight excluding hydrogens is 254 g/mol. The third kappa shape index (κ3) is 3.45. The highest BCUT2D eigenvalue weighted by atomic mass is 32.2. The van der Waals surface area contributed by atoms with E-state index in [0.717, 1.165) is 29.3 Å². The van der Waals surface area contributed by atoms with Crippen molar-refractivity contribution in [1.29, 1.82) is 0 Å². The fraction of sp³-hybridized carbons (Fsp3) is 0.667. The molecule has 1 heterocycles. The quantitative estimate of drug-likeness (QED) is 0.906. The average molecular weight is 271 g/mol. The fourth-order valence-corrected chi connectivity index (χ4v) is 3.32. The van der Waals surface area contributed by atoms with E-state index in [0.29, 0.717) is 10.8 Å². The second-order valence-corrected chi connectivity index (χ2v) is 8.19. The topological polar surface area (TPSA) is 50.2 Å². The first-order chi connectivity index (χ1) is 7.87. The van der Waals surface area contributed by atoms with Crippen LogP contribution in [0.2, 0.25) is 0 Å². The van der Waals surface area contributed by atoms with E-state index in [2.05, 4.69) is 25.8 Å². The number of nitrogens with zero attached hydrogens (tertiary/aromatic N) is 1. The van der Waals surface area contributed by atoms with Crippen molar-refractivity contribution in [1.82, 2.24) is 4.98 Å². The molecule has 1 fully saturated rings. The molecule has 1 N–H and O–H groups in total. The van der Waals surface area contributed by atoms with Crippen molar-refractivity contribution in [2.45, 2.75) is 50.0 Å². The molecule has 0 atom stereocenters. The van der Waals surface area contributed by atoms with Crippen LogP contribution >= 0.6 is 23.1 Å². The number of carboxylic acid groups (broad SMARTS) is 1. The minimum absolute atomic E-state index is 0.189. The van der Waals surface area contributed by atoms with Crippen molar-refractivity contribution in [2.75, 3.05) is 0 Å². The Hall–Kier alpha value is -0.550. The van der Waals surface area contributed by atoms with E-state index in [1.165, 1.54) is 11.3 Å². The molecule has 2 rings (SSSR count). The lowest BCUT2D eigenvalue weighted by Gasteiger charge is -2.16. The number of hydrogen-bond acceptors (Lipinski definition) is 4. The van der Waals surface area contributed by atoms with Gasteiger partial charge >= 0.3 is 5.97 Å². The smallest absolute Gasteiger partial charge is 0.347 e. The maximum Gasteiger partial charge on any atom is 0.347 e. The van der Waals surface area contributed by atoms with E-state index < -0.39 is 5.97 Å². The molecule has 3 nitrogen and oxygen atoms in total. The molecule has 1 saturated carbocycles. The number of thioether (sulfide) groups is 1. The number of aromatic nitrogens is 1. The van der Waals surface area contributed by atoms with E-state index in [9.17, 15) is 4.79 Å². The summed E-state index contributed by atoms with van der Waals surface area (Å²) in [5, 5.41) is 10.1. The van der Waals surface area contributed by atoms with Crippen LogP contribution < -0.4 is 0 Å². The monoisotopic (exact) mass is 271 g/mol. The maximum absolute atomic E-state index is 11.1. The van der Waals surface area contributed by atoms with Crippen molar-refractivity contribution in [3.8, 4) is 0 Å². The Morgan fingerprint density at radius 1 is 1.53 bits per heavy atom. The van der Waals surface area contributed by atoms with Gasteiger partial charge in [-0.25, -0.2) is 9.78 Å². The van der Waals surface area contributed by atoms with E-state index in [-0.39, 0.29) is 4.75 Å². The van der Waals surface area contributed by atoms with Gasteiger partial charge in [0.15, 0.2) is 0 Å². The number of thiazole rings is 1. The molecule has 0 aliphatic heterocycles. The SMILES string of the molecule is CC(C)(C)SCc1nc(C2CC2)c(C(=O)O)s1. The molecule has 1 aromatic heterocycles. The van der Waals surface area contributed by atoms with Crippen LogP contribution in [0.25, 0.3) is 0 Å². The van der Waals surface area contributed by atoms with Crippen LogP contribution in [0.5, 0.6) is 0 Å². The summed E-state index contributed by atoms with van der Waals surface area (Å²) in [6.45, 7) is 6.47. The molecule has 0 radical (unpaired) electrons. The summed E-state index contributed by atoms with van der Waals surface area (Å²) in [6, 6.07) is 0. The maximum atomic E-state index is 11.1. The zero-order valence-electron chi connectivity index (χ0n) is 10.3. The summed E-state index contributed by atoms with van der Waals surface area (Å²) in [5.74, 6) is 0.392. The second kappa shape index (κ2) is 4.61. The minimum Gasteiger partial charge on any atom is -0.477 e. The summed E-state index contributed by atoms with van der Waals surface area (Å²) in [5.41, 5.74) is 0.826. The largest absolute Gasteiger partial charge is 0.477 e. The van der Waals surface area contributed by atoms with Gasteiger partial charge in [-0.15, -0.1) is 23.1 Å². The standard InChI is InChI=1S/C12H17NO2S2/c1-12(2,3)16-6-8-13-9(7-4-5-7)10(17-8)11(14)15/h7H,4-6H2,1-3H3,(H,14,15). The van der Waals surface area contributed by atoms with Crippen LogP contribution in [0.1, 0.15) is 59.9 Å². The Kier molecular flexibility index (Phi) is 3.50. The summed E-state index contributed by atoms with van der Waals surface area (Å²) < 4.78 is 0.189. The third-order valence-electron chi connectivity index (χ3n) is 2.48. The zero-order chi connectivity index (χ0) is 12.6. The van der Waals surface area contributed by atoms with Crippen molar-refractivity contribution in [3.63, 3.8) is 0 Å². The third-order valence-corrected chi connectivity index (χ3v) is 5.01. The molecule has 1 aliphatic carbocycles. The lowest BCUT2D eigenvalue weighted by Crippen LogP contribution is -2.07. The fourth-order valence-electron chi connectivity index (χ4n) is 1.50. The number of carboxylic acids is 1. The molecule has 17 heavy (non-hydrogen) atoms. The lowest BCUT2D eigenvalue weighted by atomic mass is 10.2. The molecule has 5 heteroatoms. The van der Waals surface area contributed by atoms with Crippen LogP contribution in [0.4, 0.5) is 0 Å². The van der Waals surface area contributed by atoms with Crippen LogP contribution in [0.3, 0.4) is 0 Å². The summed E-state index contributed by atoms with van der Waals surface area (Å²) >= 11 is 3.15. The number of aromatic carboxylic acids is 1. The predicted molar refractivity (Wildman–Crippen MR) is 72.1 cm³/mol. The first kappa shape index (κ1) is 12.9. The van der Waals surface area contributed by atoms with Crippen LogP contribution in [-0.2, 0) is 5.75 Å². The molecule has 0 aromatic carbocycles. The Balaban J connectivity index is 2.13. The van der Waals surface area contributed by atoms with Gasteiger partial charge in [0.05, 0.1) is 5.69 Å². The van der Waals surface area contributed by atoms with Crippen LogP contribution in [-0.4, -0.2) is 20.8 Å². The van der Waals surface area contributed by atoms with E-state index >= 15 is 0 Å². The van der Waals surface area contributed by atoms with Crippen LogP contribution in [0, 0.1) is 0 Å². The molecule has 0 spiro atoms. The lowest BCUT2D eigenvalue weighted by molar-refractivity contribution is 0.0700. The predicted octanol–water partition coefficient (Wildman–Crippen LogP) is 3.75. The molecule has 0 unspecified atom stereocenters.